The molecule has 5 N–H and O–H groups in total. The van der Waals surface area contributed by atoms with Gasteiger partial charge in [0, 0.05) is 67.9 Å². The van der Waals surface area contributed by atoms with Gasteiger partial charge in [-0.25, -0.2) is 9.18 Å². The second kappa shape index (κ2) is 18.9. The van der Waals surface area contributed by atoms with Crippen LogP contribution in [-0.2, 0) is 42.9 Å². The third-order valence-electron chi connectivity index (χ3n) is 16.5. The first-order valence-corrected chi connectivity index (χ1v) is 25.3. The molecular formula is C51H59Cl2FN8O7. The number of aliphatic carboxylic acids is 1. The number of piperidine rings is 1. The van der Waals surface area contributed by atoms with E-state index in [0.29, 0.717) is 79.2 Å². The van der Waals surface area contributed by atoms with Crippen molar-refractivity contribution in [2.24, 2.45) is 13.0 Å². The Morgan fingerprint density at radius 2 is 1.70 bits per heavy atom. The van der Waals surface area contributed by atoms with Crippen molar-refractivity contribution in [1.29, 1.82) is 0 Å². The van der Waals surface area contributed by atoms with Gasteiger partial charge in [0.05, 0.1) is 22.1 Å². The monoisotopic (exact) mass is 984 g/mol. The van der Waals surface area contributed by atoms with Gasteiger partial charge in [-0.15, -0.1) is 0 Å². The molecule has 2 saturated carbocycles. The number of rotatable bonds is 11. The molecule has 15 nitrogen and oxygen atoms in total. The Balaban J connectivity index is 0.767. The number of halogens is 3. The second-order valence-electron chi connectivity index (χ2n) is 20.3. The standard InChI is InChI=1S/C51H59Cl2FN8O7/c1-59-39-25-29(12-17-37(39)62(49(59)69)38-18-19-41(63)57-45(38)64)7-6-22-60-23-24-61(40(28-60)47(66)67)27-30-10-14-32(15-11-30)55-46(65)44-42(33-8-5-9-35(53)43(33)54)51(50(58-44)20-3-2-4-21-50)34-16-13-31(52)26-36(34)56-48(51)68/h5,8-9,12-13,16-17,25-26,30,32,38,40,42,44,58H,2-4,6-7,10-11,14-15,18-24,27-28H2,1H3,(H,55,65)(H,56,68)(H,66,67)(H,57,63,64)/t30?,32?,38?,40?,42-,44+,51+/m0/s1. The van der Waals surface area contributed by atoms with E-state index in [1.807, 2.05) is 24.3 Å². The van der Waals surface area contributed by atoms with Gasteiger partial charge in [0.25, 0.3) is 0 Å². The number of carboxylic acids is 1. The van der Waals surface area contributed by atoms with E-state index in [2.05, 4.69) is 31.1 Å². The lowest BCUT2D eigenvalue weighted by Gasteiger charge is -2.47. The third-order valence-corrected chi connectivity index (χ3v) is 17.0. The molecule has 18 heteroatoms. The van der Waals surface area contributed by atoms with Crippen LogP contribution in [0.15, 0.2) is 59.4 Å². The summed E-state index contributed by atoms with van der Waals surface area (Å²) < 4.78 is 19.4. The Morgan fingerprint density at radius 1 is 0.913 bits per heavy atom. The number of aryl methyl sites for hydroxylation is 2. The van der Waals surface area contributed by atoms with Crippen molar-refractivity contribution in [3.63, 3.8) is 0 Å². The van der Waals surface area contributed by atoms with Crippen molar-refractivity contribution in [3.05, 3.63) is 97.6 Å². The van der Waals surface area contributed by atoms with Crippen molar-refractivity contribution in [2.75, 3.05) is 38.0 Å². The molecule has 5 fully saturated rings. The van der Waals surface area contributed by atoms with Gasteiger partial charge >= 0.3 is 11.7 Å². The third kappa shape index (κ3) is 8.37. The number of aromatic nitrogens is 2. The number of amides is 4. The molecule has 5 atom stereocenters. The minimum atomic E-state index is -1.31. The molecule has 69 heavy (non-hydrogen) atoms. The van der Waals surface area contributed by atoms with E-state index in [-0.39, 0.29) is 58.8 Å². The van der Waals surface area contributed by atoms with Crippen molar-refractivity contribution in [2.45, 2.75) is 125 Å². The predicted molar refractivity (Wildman–Crippen MR) is 259 cm³/mol. The van der Waals surface area contributed by atoms with Crippen molar-refractivity contribution in [3.8, 4) is 0 Å². The summed E-state index contributed by atoms with van der Waals surface area (Å²) in [6.07, 6.45) is 8.93. The molecular weight excluding hydrogens is 927 g/mol. The quantitative estimate of drug-likeness (QED) is 0.115. The number of imidazole rings is 1. The van der Waals surface area contributed by atoms with Gasteiger partial charge in [-0.2, -0.15) is 0 Å². The molecule has 5 heterocycles. The lowest BCUT2D eigenvalue weighted by Crippen LogP contribution is -2.60. The highest BCUT2D eigenvalue weighted by Gasteiger charge is 2.72. The summed E-state index contributed by atoms with van der Waals surface area (Å²) >= 11 is 12.9. The average molecular weight is 986 g/mol. The Labute approximate surface area is 409 Å². The van der Waals surface area contributed by atoms with E-state index < -0.39 is 52.7 Å². The molecule has 4 amide bonds. The summed E-state index contributed by atoms with van der Waals surface area (Å²) in [5.74, 6) is -3.51. The lowest BCUT2D eigenvalue weighted by atomic mass is 9.55. The smallest absolute Gasteiger partial charge is 0.329 e. The fourth-order valence-corrected chi connectivity index (χ4v) is 13.5. The first-order chi connectivity index (χ1) is 33.2. The van der Waals surface area contributed by atoms with Gasteiger partial charge in [-0.3, -0.25) is 53.5 Å². The minimum absolute atomic E-state index is 0.0746. The molecule has 4 aliphatic heterocycles. The summed E-state index contributed by atoms with van der Waals surface area (Å²) in [5, 5.41) is 23.3. The van der Waals surface area contributed by atoms with Gasteiger partial charge in [0.1, 0.15) is 23.3 Å². The number of imide groups is 1. The average Bonchev–Trinajstić information content (AvgIpc) is 3.88. The zero-order valence-corrected chi connectivity index (χ0v) is 40.2. The zero-order valence-electron chi connectivity index (χ0n) is 38.7. The molecule has 2 spiro atoms. The van der Waals surface area contributed by atoms with E-state index >= 15 is 4.39 Å². The van der Waals surface area contributed by atoms with Crippen molar-refractivity contribution in [1.82, 2.24) is 34.9 Å². The maximum absolute atomic E-state index is 16.4. The topological polar surface area (TPSA) is 187 Å². The fraction of sp³-hybridized carbons (Fsp3) is 0.529. The normalized spacial score (nSPS) is 28.3. The van der Waals surface area contributed by atoms with Gasteiger partial charge in [0.2, 0.25) is 23.6 Å². The zero-order chi connectivity index (χ0) is 48.4. The molecule has 2 aliphatic carbocycles. The van der Waals surface area contributed by atoms with Crippen LogP contribution < -0.4 is 27.0 Å². The number of piperazine rings is 1. The SMILES string of the molecule is Cn1c(=O)n(C2CCC(=O)NC2=O)c2ccc(CCCN3CCN(CC4CCC(NC(=O)[C@@H]5NC6(CCCCC6)[C@@]6(C(=O)Nc7cc(Cl)ccc76)[C@H]5c5cccc(Cl)c5F)CC4)C(C(=O)O)C3)cc21. The maximum atomic E-state index is 16.4. The fourth-order valence-electron chi connectivity index (χ4n) is 13.2. The van der Waals surface area contributed by atoms with E-state index in [0.717, 1.165) is 57.1 Å². The van der Waals surface area contributed by atoms with Crippen molar-refractivity contribution < 1.29 is 33.5 Å². The molecule has 1 aromatic heterocycles. The van der Waals surface area contributed by atoms with Crippen LogP contribution >= 0.6 is 23.2 Å². The van der Waals surface area contributed by atoms with Gasteiger partial charge in [-0.05, 0) is 117 Å². The number of hydrogen-bond donors (Lipinski definition) is 5. The number of benzene rings is 3. The molecule has 2 unspecified atom stereocenters. The first-order valence-electron chi connectivity index (χ1n) is 24.6. The van der Waals surface area contributed by atoms with Crippen LogP contribution in [0.3, 0.4) is 0 Å². The largest absolute Gasteiger partial charge is 0.480 e. The predicted octanol–water partition coefficient (Wildman–Crippen LogP) is 5.79. The molecule has 366 valence electrons. The minimum Gasteiger partial charge on any atom is -0.480 e. The number of fused-ring (bicyclic) bond motifs is 4. The van der Waals surface area contributed by atoms with E-state index in [9.17, 15) is 33.9 Å². The number of nitrogens with one attached hydrogen (secondary N) is 4. The van der Waals surface area contributed by atoms with Crippen molar-refractivity contribution >= 4 is 69.5 Å². The molecule has 6 aliphatic rings. The van der Waals surface area contributed by atoms with Crippen LogP contribution in [0, 0.1) is 11.7 Å². The van der Waals surface area contributed by atoms with Gasteiger partial charge < -0.3 is 15.7 Å². The number of anilines is 1. The maximum Gasteiger partial charge on any atom is 0.329 e. The van der Waals surface area contributed by atoms with E-state index in [1.54, 1.807) is 31.3 Å². The number of carbonyl (C=O) groups is 5. The molecule has 4 aromatic rings. The molecule has 3 aromatic carbocycles. The van der Waals surface area contributed by atoms with Crippen LogP contribution in [0.4, 0.5) is 10.1 Å². The first kappa shape index (κ1) is 47.5. The van der Waals surface area contributed by atoms with E-state index in [4.69, 9.17) is 23.2 Å². The molecule has 0 radical (unpaired) electrons. The van der Waals surface area contributed by atoms with E-state index in [1.165, 1.54) is 15.2 Å². The molecule has 10 rings (SSSR count). The van der Waals surface area contributed by atoms with Crippen LogP contribution in [0.1, 0.15) is 106 Å². The highest BCUT2D eigenvalue weighted by atomic mass is 35.5. The second-order valence-corrected chi connectivity index (χ2v) is 21.2. The highest BCUT2D eigenvalue weighted by molar-refractivity contribution is 6.31. The van der Waals surface area contributed by atoms with Crippen LogP contribution in [-0.4, -0.2) is 110 Å². The molecule has 3 saturated heterocycles. The summed E-state index contributed by atoms with van der Waals surface area (Å²) in [6, 6.07) is 13.4. The Kier molecular flexibility index (Phi) is 13.0. The summed E-state index contributed by atoms with van der Waals surface area (Å²) in [5.41, 5.74) is 1.43. The highest BCUT2D eigenvalue weighted by Crippen LogP contribution is 2.63. The Hall–Kier alpha value is -5.13. The van der Waals surface area contributed by atoms with Crippen LogP contribution in [0.25, 0.3) is 11.0 Å². The number of nitrogens with zero attached hydrogens (tertiary/aromatic N) is 4. The summed E-state index contributed by atoms with van der Waals surface area (Å²) in [6.45, 7) is 3.12. The Bertz CT molecular complexity index is 2780. The number of carbonyl (C=O) groups excluding carboxylic acids is 4. The summed E-state index contributed by atoms with van der Waals surface area (Å²) in [7, 11) is 1.68. The van der Waals surface area contributed by atoms with Crippen LogP contribution in [0.2, 0.25) is 10.0 Å². The molecule has 0 bridgehead atoms. The van der Waals surface area contributed by atoms with Crippen LogP contribution in [0.5, 0.6) is 0 Å². The number of hydrogen-bond acceptors (Lipinski definition) is 9. The summed E-state index contributed by atoms with van der Waals surface area (Å²) in [4.78, 5) is 84.1. The lowest BCUT2D eigenvalue weighted by molar-refractivity contribution is -0.146. The Morgan fingerprint density at radius 3 is 2.45 bits per heavy atom. The number of carboxylic acid groups (broad SMARTS) is 1. The van der Waals surface area contributed by atoms with Gasteiger partial charge in [0.15, 0.2) is 0 Å². The van der Waals surface area contributed by atoms with Gasteiger partial charge in [-0.1, -0.05) is 66.7 Å².